The Balaban J connectivity index is 1.99. The average Bonchev–Trinajstić information content (AvgIpc) is 3.23. The molecule has 0 aliphatic heterocycles. The number of anilines is 1. The van der Waals surface area contributed by atoms with Crippen LogP contribution in [0.25, 0.3) is 10.6 Å². The Kier molecular flexibility index (Phi) is 5.05. The van der Waals surface area contributed by atoms with Crippen molar-refractivity contribution in [3.63, 3.8) is 0 Å². The number of thiophene rings is 1. The van der Waals surface area contributed by atoms with E-state index in [1.54, 1.807) is 19.1 Å². The Morgan fingerprint density at radius 3 is 2.32 bits per heavy atom. The first-order chi connectivity index (χ1) is 12.9. The summed E-state index contributed by atoms with van der Waals surface area (Å²) in [5.41, 5.74) is 1.58. The van der Waals surface area contributed by atoms with E-state index in [-0.39, 0.29) is 10.6 Å². The summed E-state index contributed by atoms with van der Waals surface area (Å²) in [6.07, 6.45) is -4.55. The molecule has 2 heterocycles. The third-order valence-corrected chi connectivity index (χ3v) is 7.61. The van der Waals surface area contributed by atoms with Crippen molar-refractivity contribution in [3.05, 3.63) is 52.0 Å². The standard InChI is InChI=1S/C18H18F3N3O2S2/c1-10-5-6-13(7-11(10)2)24(4)28(25,26)16-9-15(27-12(16)3)14-8-17(23-22-14)18(19,20)21/h5-9H,1-4H3,(H,22,23). The molecule has 5 nitrogen and oxygen atoms in total. The van der Waals surface area contributed by atoms with Crippen LogP contribution in [0.2, 0.25) is 0 Å². The fourth-order valence-corrected chi connectivity index (χ4v) is 5.36. The number of alkyl halides is 3. The van der Waals surface area contributed by atoms with Crippen molar-refractivity contribution in [2.24, 2.45) is 0 Å². The molecule has 0 aliphatic rings. The number of H-pyrrole nitrogens is 1. The van der Waals surface area contributed by atoms with Gasteiger partial charge >= 0.3 is 6.18 Å². The number of nitrogens with zero attached hydrogens (tertiary/aromatic N) is 2. The third-order valence-electron chi connectivity index (χ3n) is 4.50. The summed E-state index contributed by atoms with van der Waals surface area (Å²) in [4.78, 5) is 0.864. The van der Waals surface area contributed by atoms with E-state index < -0.39 is 21.9 Å². The van der Waals surface area contributed by atoms with Crippen molar-refractivity contribution in [1.29, 1.82) is 0 Å². The third kappa shape index (κ3) is 3.66. The Morgan fingerprint density at radius 1 is 1.07 bits per heavy atom. The van der Waals surface area contributed by atoms with Gasteiger partial charge in [0.25, 0.3) is 10.0 Å². The molecule has 0 amide bonds. The van der Waals surface area contributed by atoms with Crippen molar-refractivity contribution in [2.45, 2.75) is 31.8 Å². The first-order valence-corrected chi connectivity index (χ1v) is 10.5. The van der Waals surface area contributed by atoms with E-state index in [1.807, 2.05) is 25.0 Å². The number of aryl methyl sites for hydroxylation is 3. The van der Waals surface area contributed by atoms with Crippen LogP contribution in [0.4, 0.5) is 18.9 Å². The Bertz CT molecular complexity index is 1130. The number of rotatable bonds is 4. The quantitative estimate of drug-likeness (QED) is 0.641. The Morgan fingerprint density at radius 2 is 1.75 bits per heavy atom. The van der Waals surface area contributed by atoms with Gasteiger partial charge in [0.2, 0.25) is 0 Å². The number of sulfonamides is 1. The molecular weight excluding hydrogens is 411 g/mol. The fraction of sp³-hybridized carbons (Fsp3) is 0.278. The number of benzene rings is 1. The smallest absolute Gasteiger partial charge is 0.273 e. The SMILES string of the molecule is Cc1ccc(N(C)S(=O)(=O)c2cc(-c3cc(C(F)(F)F)[nH]n3)sc2C)cc1C. The highest BCUT2D eigenvalue weighted by Gasteiger charge is 2.34. The van der Waals surface area contributed by atoms with E-state index in [2.05, 4.69) is 5.10 Å². The van der Waals surface area contributed by atoms with Gasteiger partial charge in [-0.3, -0.25) is 9.40 Å². The largest absolute Gasteiger partial charge is 0.432 e. The summed E-state index contributed by atoms with van der Waals surface area (Å²) in [7, 11) is -2.43. The number of nitrogens with one attached hydrogen (secondary N) is 1. The minimum absolute atomic E-state index is 0.0461. The summed E-state index contributed by atoms with van der Waals surface area (Å²) in [6, 6.07) is 7.56. The number of hydrogen-bond acceptors (Lipinski definition) is 4. The van der Waals surface area contributed by atoms with Gasteiger partial charge in [-0.1, -0.05) is 6.07 Å². The van der Waals surface area contributed by atoms with Gasteiger partial charge in [0.15, 0.2) is 0 Å². The molecule has 0 unspecified atom stereocenters. The van der Waals surface area contributed by atoms with Crippen molar-refractivity contribution < 1.29 is 21.6 Å². The molecule has 0 radical (unpaired) electrons. The highest BCUT2D eigenvalue weighted by Crippen LogP contribution is 2.37. The van der Waals surface area contributed by atoms with Crippen LogP contribution in [0.5, 0.6) is 0 Å². The van der Waals surface area contributed by atoms with Gasteiger partial charge in [0, 0.05) is 11.9 Å². The van der Waals surface area contributed by atoms with Gasteiger partial charge in [0.1, 0.15) is 16.3 Å². The summed E-state index contributed by atoms with van der Waals surface area (Å²) in [6.45, 7) is 5.44. The molecule has 10 heteroatoms. The number of aromatic amines is 1. The molecule has 0 aliphatic carbocycles. The first kappa shape index (κ1) is 20.4. The summed E-state index contributed by atoms with van der Waals surface area (Å²) >= 11 is 1.08. The molecule has 2 aromatic heterocycles. The second-order valence-electron chi connectivity index (χ2n) is 6.44. The normalized spacial score (nSPS) is 12.4. The predicted molar refractivity (Wildman–Crippen MR) is 103 cm³/mol. The van der Waals surface area contributed by atoms with Crippen LogP contribution in [0, 0.1) is 20.8 Å². The molecule has 0 bridgehead atoms. The zero-order valence-corrected chi connectivity index (χ0v) is 17.2. The zero-order chi connectivity index (χ0) is 20.9. The van der Waals surface area contributed by atoms with Gasteiger partial charge in [-0.25, -0.2) is 8.42 Å². The van der Waals surface area contributed by atoms with Crippen LogP contribution < -0.4 is 4.31 Å². The number of aromatic nitrogens is 2. The van der Waals surface area contributed by atoms with E-state index in [9.17, 15) is 21.6 Å². The summed E-state index contributed by atoms with van der Waals surface area (Å²) in [5.74, 6) is 0. The highest BCUT2D eigenvalue weighted by molar-refractivity contribution is 7.93. The van der Waals surface area contributed by atoms with E-state index in [0.717, 1.165) is 28.5 Å². The van der Waals surface area contributed by atoms with E-state index >= 15 is 0 Å². The van der Waals surface area contributed by atoms with Gasteiger partial charge in [-0.2, -0.15) is 18.3 Å². The van der Waals surface area contributed by atoms with Gasteiger partial charge in [-0.05, 0) is 56.2 Å². The van der Waals surface area contributed by atoms with E-state index in [0.29, 0.717) is 15.4 Å². The van der Waals surface area contributed by atoms with Crippen LogP contribution in [0.1, 0.15) is 21.7 Å². The molecule has 0 spiro atoms. The van der Waals surface area contributed by atoms with Crippen molar-refractivity contribution in [1.82, 2.24) is 10.2 Å². The number of halogens is 3. The molecule has 150 valence electrons. The monoisotopic (exact) mass is 429 g/mol. The molecule has 28 heavy (non-hydrogen) atoms. The molecule has 0 fully saturated rings. The molecule has 0 atom stereocenters. The topological polar surface area (TPSA) is 66.1 Å². The molecule has 3 aromatic rings. The number of hydrogen-bond donors (Lipinski definition) is 1. The average molecular weight is 429 g/mol. The van der Waals surface area contributed by atoms with Gasteiger partial charge in [0.05, 0.1) is 10.6 Å². The first-order valence-electron chi connectivity index (χ1n) is 8.21. The maximum Gasteiger partial charge on any atom is 0.432 e. The molecule has 1 aromatic carbocycles. The molecule has 3 rings (SSSR count). The van der Waals surface area contributed by atoms with Crippen LogP contribution in [0.15, 0.2) is 35.2 Å². The minimum atomic E-state index is -4.55. The van der Waals surface area contributed by atoms with Crippen LogP contribution >= 0.6 is 11.3 Å². The lowest BCUT2D eigenvalue weighted by molar-refractivity contribution is -0.141. The maximum atomic E-state index is 13.1. The van der Waals surface area contributed by atoms with E-state index in [1.165, 1.54) is 17.4 Å². The lowest BCUT2D eigenvalue weighted by Gasteiger charge is -2.20. The van der Waals surface area contributed by atoms with Crippen LogP contribution in [0.3, 0.4) is 0 Å². The van der Waals surface area contributed by atoms with Crippen LogP contribution in [-0.4, -0.2) is 25.7 Å². The van der Waals surface area contributed by atoms with Crippen molar-refractivity contribution in [2.75, 3.05) is 11.4 Å². The van der Waals surface area contributed by atoms with Crippen molar-refractivity contribution >= 4 is 27.0 Å². The van der Waals surface area contributed by atoms with Crippen LogP contribution in [-0.2, 0) is 16.2 Å². The highest BCUT2D eigenvalue weighted by atomic mass is 32.2. The molecule has 0 saturated carbocycles. The van der Waals surface area contributed by atoms with Gasteiger partial charge in [-0.15, -0.1) is 11.3 Å². The molecule has 1 N–H and O–H groups in total. The molecule has 0 saturated heterocycles. The molecular formula is C18H18F3N3O2S2. The van der Waals surface area contributed by atoms with E-state index in [4.69, 9.17) is 0 Å². The van der Waals surface area contributed by atoms with Gasteiger partial charge < -0.3 is 0 Å². The fourth-order valence-electron chi connectivity index (χ4n) is 2.65. The Labute approximate surface area is 164 Å². The lowest BCUT2D eigenvalue weighted by Crippen LogP contribution is -2.26. The minimum Gasteiger partial charge on any atom is -0.273 e. The predicted octanol–water partition coefficient (Wildman–Crippen LogP) is 4.91. The zero-order valence-electron chi connectivity index (χ0n) is 15.5. The van der Waals surface area contributed by atoms with Crippen molar-refractivity contribution in [3.8, 4) is 10.6 Å². The lowest BCUT2D eigenvalue weighted by atomic mass is 10.1. The second kappa shape index (κ2) is 6.93. The summed E-state index contributed by atoms with van der Waals surface area (Å²) < 4.78 is 65.7. The maximum absolute atomic E-state index is 13.1. The second-order valence-corrected chi connectivity index (χ2v) is 9.63. The summed E-state index contributed by atoms with van der Waals surface area (Å²) in [5, 5.41) is 5.61. The Hall–Kier alpha value is -2.33.